The molecular weight excluding hydrogens is 252 g/mol. The molecule has 0 bridgehead atoms. The molecule has 0 fully saturated rings. The van der Waals surface area contributed by atoms with Gasteiger partial charge in [0.2, 0.25) is 0 Å². The molecule has 2 rings (SSSR count). The Hall–Kier alpha value is -1.81. The van der Waals surface area contributed by atoms with Crippen molar-refractivity contribution in [3.8, 4) is 5.69 Å². The van der Waals surface area contributed by atoms with Crippen LogP contribution in [0.15, 0.2) is 30.3 Å². The number of hydrogen-bond acceptors (Lipinski definition) is 3. The Morgan fingerprint density at radius 3 is 2.83 bits per heavy atom. The molecular formula is C13H13ClN2O2. The topological polar surface area (TPSA) is 44.1 Å². The molecule has 0 N–H and O–H groups in total. The second kappa shape index (κ2) is 5.23. The maximum absolute atomic E-state index is 11.6. The zero-order chi connectivity index (χ0) is 13.1. The average Bonchev–Trinajstić information content (AvgIpc) is 2.72. The fourth-order valence-corrected chi connectivity index (χ4v) is 1.86. The van der Waals surface area contributed by atoms with E-state index in [1.54, 1.807) is 23.7 Å². The molecule has 0 saturated heterocycles. The zero-order valence-electron chi connectivity index (χ0n) is 10.2. The van der Waals surface area contributed by atoms with Crippen molar-refractivity contribution in [1.82, 2.24) is 9.78 Å². The minimum Gasteiger partial charge on any atom is -0.461 e. The molecule has 5 heteroatoms. The van der Waals surface area contributed by atoms with E-state index >= 15 is 0 Å². The Morgan fingerprint density at radius 2 is 2.17 bits per heavy atom. The minimum absolute atomic E-state index is 0.286. The van der Waals surface area contributed by atoms with Gasteiger partial charge in [-0.2, -0.15) is 5.10 Å². The van der Waals surface area contributed by atoms with Crippen molar-refractivity contribution in [2.24, 2.45) is 0 Å². The maximum atomic E-state index is 11.6. The summed E-state index contributed by atoms with van der Waals surface area (Å²) < 4.78 is 6.55. The normalized spacial score (nSPS) is 10.4. The van der Waals surface area contributed by atoms with Crippen molar-refractivity contribution in [2.75, 3.05) is 6.61 Å². The van der Waals surface area contributed by atoms with Gasteiger partial charge in [0, 0.05) is 5.69 Å². The SMILES string of the molecule is CCOC(=O)c1cc(C)n(-c2ccccc2Cl)n1. The molecule has 1 aromatic heterocycles. The van der Waals surface area contributed by atoms with Crippen LogP contribution in [0.3, 0.4) is 0 Å². The van der Waals surface area contributed by atoms with Crippen LogP contribution in [0.4, 0.5) is 0 Å². The first kappa shape index (κ1) is 12.6. The highest BCUT2D eigenvalue weighted by Gasteiger charge is 2.15. The van der Waals surface area contributed by atoms with Crippen molar-refractivity contribution in [2.45, 2.75) is 13.8 Å². The molecule has 0 radical (unpaired) electrons. The number of rotatable bonds is 3. The number of carbonyl (C=O) groups is 1. The molecule has 0 atom stereocenters. The lowest BCUT2D eigenvalue weighted by molar-refractivity contribution is 0.0519. The Balaban J connectivity index is 2.42. The molecule has 1 heterocycles. The number of ether oxygens (including phenoxy) is 1. The third kappa shape index (κ3) is 2.38. The molecule has 0 aliphatic rings. The van der Waals surface area contributed by atoms with Gasteiger partial charge < -0.3 is 4.74 Å². The van der Waals surface area contributed by atoms with Crippen LogP contribution in [0, 0.1) is 6.92 Å². The second-order valence-corrected chi connectivity index (χ2v) is 4.16. The summed E-state index contributed by atoms with van der Waals surface area (Å²) in [6.45, 7) is 3.95. The maximum Gasteiger partial charge on any atom is 0.358 e. The highest BCUT2D eigenvalue weighted by molar-refractivity contribution is 6.32. The predicted octanol–water partition coefficient (Wildman–Crippen LogP) is 3.01. The summed E-state index contributed by atoms with van der Waals surface area (Å²) in [4.78, 5) is 11.6. The van der Waals surface area contributed by atoms with Crippen molar-refractivity contribution in [3.63, 3.8) is 0 Å². The highest BCUT2D eigenvalue weighted by atomic mass is 35.5. The number of esters is 1. The van der Waals surface area contributed by atoms with Crippen LogP contribution in [0.5, 0.6) is 0 Å². The third-order valence-corrected chi connectivity index (χ3v) is 2.77. The molecule has 0 unspecified atom stereocenters. The summed E-state index contributed by atoms with van der Waals surface area (Å²) in [7, 11) is 0. The first-order valence-corrected chi connectivity index (χ1v) is 6.00. The van der Waals surface area contributed by atoms with Crippen molar-refractivity contribution >= 4 is 17.6 Å². The lowest BCUT2D eigenvalue weighted by Gasteiger charge is -2.05. The van der Waals surface area contributed by atoms with Gasteiger partial charge in [0.1, 0.15) is 0 Å². The average molecular weight is 265 g/mol. The van der Waals surface area contributed by atoms with Gasteiger partial charge in [-0.25, -0.2) is 9.48 Å². The van der Waals surface area contributed by atoms with E-state index in [1.165, 1.54) is 0 Å². The van der Waals surface area contributed by atoms with E-state index in [2.05, 4.69) is 5.10 Å². The van der Waals surface area contributed by atoms with E-state index in [1.807, 2.05) is 25.1 Å². The molecule has 2 aromatic rings. The Kier molecular flexibility index (Phi) is 3.67. The number of aryl methyl sites for hydroxylation is 1. The van der Waals surface area contributed by atoms with Gasteiger partial charge in [-0.3, -0.25) is 0 Å². The van der Waals surface area contributed by atoms with Gasteiger partial charge >= 0.3 is 5.97 Å². The van der Waals surface area contributed by atoms with Crippen LogP contribution in [-0.4, -0.2) is 22.4 Å². The summed E-state index contributed by atoms with van der Waals surface area (Å²) in [5, 5.41) is 4.80. The molecule has 18 heavy (non-hydrogen) atoms. The predicted molar refractivity (Wildman–Crippen MR) is 69.3 cm³/mol. The quantitative estimate of drug-likeness (QED) is 0.801. The standard InChI is InChI=1S/C13H13ClN2O2/c1-3-18-13(17)11-8-9(2)16(15-11)12-7-5-4-6-10(12)14/h4-8H,3H2,1-2H3. The number of halogens is 1. The van der Waals surface area contributed by atoms with E-state index < -0.39 is 5.97 Å². The Labute approximate surface area is 110 Å². The fourth-order valence-electron chi connectivity index (χ4n) is 1.65. The molecule has 0 spiro atoms. The summed E-state index contributed by atoms with van der Waals surface area (Å²) in [6.07, 6.45) is 0. The largest absolute Gasteiger partial charge is 0.461 e. The van der Waals surface area contributed by atoms with E-state index in [0.29, 0.717) is 11.6 Å². The first-order valence-electron chi connectivity index (χ1n) is 5.62. The number of aromatic nitrogens is 2. The monoisotopic (exact) mass is 264 g/mol. The van der Waals surface area contributed by atoms with E-state index in [0.717, 1.165) is 11.4 Å². The van der Waals surface area contributed by atoms with Gasteiger partial charge in [-0.1, -0.05) is 23.7 Å². The molecule has 1 aromatic carbocycles. The highest BCUT2D eigenvalue weighted by Crippen LogP contribution is 2.21. The summed E-state index contributed by atoms with van der Waals surface area (Å²) >= 11 is 6.10. The van der Waals surface area contributed by atoms with E-state index in [-0.39, 0.29) is 5.69 Å². The van der Waals surface area contributed by atoms with Crippen LogP contribution >= 0.6 is 11.6 Å². The number of hydrogen-bond donors (Lipinski definition) is 0. The van der Waals surface area contributed by atoms with Crippen LogP contribution in [0.1, 0.15) is 23.1 Å². The van der Waals surface area contributed by atoms with Crippen molar-refractivity contribution in [3.05, 3.63) is 46.7 Å². The number of benzene rings is 1. The smallest absolute Gasteiger partial charge is 0.358 e. The minimum atomic E-state index is -0.425. The number of nitrogens with zero attached hydrogens (tertiary/aromatic N) is 2. The van der Waals surface area contributed by atoms with Crippen LogP contribution < -0.4 is 0 Å². The molecule has 0 amide bonds. The molecule has 0 aliphatic heterocycles. The zero-order valence-corrected chi connectivity index (χ0v) is 10.9. The third-order valence-electron chi connectivity index (χ3n) is 2.45. The fraction of sp³-hybridized carbons (Fsp3) is 0.231. The van der Waals surface area contributed by atoms with Crippen LogP contribution in [0.25, 0.3) is 5.69 Å². The number of para-hydroxylation sites is 1. The molecule has 0 aliphatic carbocycles. The van der Waals surface area contributed by atoms with Gasteiger partial charge in [0.05, 0.1) is 17.3 Å². The second-order valence-electron chi connectivity index (χ2n) is 3.75. The van der Waals surface area contributed by atoms with Crippen LogP contribution in [-0.2, 0) is 4.74 Å². The van der Waals surface area contributed by atoms with Gasteiger partial charge in [-0.15, -0.1) is 0 Å². The molecule has 0 saturated carbocycles. The van der Waals surface area contributed by atoms with E-state index in [9.17, 15) is 4.79 Å². The van der Waals surface area contributed by atoms with Crippen molar-refractivity contribution < 1.29 is 9.53 Å². The first-order chi connectivity index (χ1) is 8.63. The summed E-state index contributed by atoms with van der Waals surface area (Å²) in [6, 6.07) is 9.02. The van der Waals surface area contributed by atoms with Crippen molar-refractivity contribution in [1.29, 1.82) is 0 Å². The summed E-state index contributed by atoms with van der Waals surface area (Å²) in [5.41, 5.74) is 1.85. The van der Waals surface area contributed by atoms with Gasteiger partial charge in [-0.05, 0) is 32.0 Å². The Bertz CT molecular complexity index is 578. The Morgan fingerprint density at radius 1 is 1.44 bits per heavy atom. The molecule has 94 valence electrons. The van der Waals surface area contributed by atoms with Gasteiger partial charge in [0.15, 0.2) is 5.69 Å². The summed E-state index contributed by atoms with van der Waals surface area (Å²) in [5.74, 6) is -0.425. The van der Waals surface area contributed by atoms with Gasteiger partial charge in [0.25, 0.3) is 0 Å². The number of carbonyl (C=O) groups excluding carboxylic acids is 1. The lowest BCUT2D eigenvalue weighted by atomic mass is 10.3. The van der Waals surface area contributed by atoms with Crippen LogP contribution in [0.2, 0.25) is 5.02 Å². The molecule has 4 nitrogen and oxygen atoms in total. The van der Waals surface area contributed by atoms with E-state index in [4.69, 9.17) is 16.3 Å². The lowest BCUT2D eigenvalue weighted by Crippen LogP contribution is -2.07.